The van der Waals surface area contributed by atoms with Crippen molar-refractivity contribution in [1.29, 1.82) is 0 Å². The molecule has 0 radical (unpaired) electrons. The number of benzene rings is 1. The highest BCUT2D eigenvalue weighted by molar-refractivity contribution is 6.30. The third kappa shape index (κ3) is 2.43. The van der Waals surface area contributed by atoms with E-state index in [0.717, 1.165) is 19.3 Å². The van der Waals surface area contributed by atoms with E-state index in [4.69, 9.17) is 11.6 Å². The number of Topliss-reactive ketones (excluding diaryl/α,β-unsaturated/α-hetero) is 1. The van der Waals surface area contributed by atoms with Crippen LogP contribution in [0, 0.1) is 11.7 Å². The zero-order valence-electron chi connectivity index (χ0n) is 9.01. The predicted molar refractivity (Wildman–Crippen MR) is 62.1 cm³/mol. The van der Waals surface area contributed by atoms with E-state index in [0.29, 0.717) is 18.4 Å². The SMILES string of the molecule is O=C1CCCCC1Cc1cccc(Cl)c1F. The number of carbonyl (C=O) groups is 1. The first-order valence-corrected chi connectivity index (χ1v) is 6.02. The Morgan fingerprint density at radius 1 is 1.38 bits per heavy atom. The summed E-state index contributed by atoms with van der Waals surface area (Å²) < 4.78 is 13.6. The zero-order valence-corrected chi connectivity index (χ0v) is 9.77. The van der Waals surface area contributed by atoms with E-state index >= 15 is 0 Å². The second-order valence-electron chi connectivity index (χ2n) is 4.33. The van der Waals surface area contributed by atoms with E-state index in [-0.39, 0.29) is 22.5 Å². The minimum atomic E-state index is -0.373. The Morgan fingerprint density at radius 2 is 2.19 bits per heavy atom. The molecular formula is C13H14ClFO. The van der Waals surface area contributed by atoms with Gasteiger partial charge in [-0.2, -0.15) is 0 Å². The van der Waals surface area contributed by atoms with E-state index in [1.54, 1.807) is 12.1 Å². The molecule has 0 saturated heterocycles. The first kappa shape index (κ1) is 11.6. The van der Waals surface area contributed by atoms with Gasteiger partial charge in [0.15, 0.2) is 0 Å². The van der Waals surface area contributed by atoms with E-state index in [1.165, 1.54) is 6.07 Å². The van der Waals surface area contributed by atoms with Crippen LogP contribution in [0.5, 0.6) is 0 Å². The molecule has 0 aromatic heterocycles. The number of rotatable bonds is 2. The minimum Gasteiger partial charge on any atom is -0.299 e. The van der Waals surface area contributed by atoms with Crippen LogP contribution in [0.1, 0.15) is 31.2 Å². The van der Waals surface area contributed by atoms with Gasteiger partial charge < -0.3 is 0 Å². The molecule has 0 spiro atoms. The number of halogens is 2. The zero-order chi connectivity index (χ0) is 11.5. The fourth-order valence-electron chi connectivity index (χ4n) is 2.24. The summed E-state index contributed by atoms with van der Waals surface area (Å²) in [5.74, 6) is -0.116. The van der Waals surface area contributed by atoms with Crippen LogP contribution in [-0.4, -0.2) is 5.78 Å². The van der Waals surface area contributed by atoms with Crippen molar-refractivity contribution in [2.75, 3.05) is 0 Å². The molecule has 0 bridgehead atoms. The van der Waals surface area contributed by atoms with Crippen molar-refractivity contribution in [3.05, 3.63) is 34.6 Å². The van der Waals surface area contributed by atoms with Gasteiger partial charge in [0, 0.05) is 12.3 Å². The average Bonchev–Trinajstić information content (AvgIpc) is 2.28. The first-order chi connectivity index (χ1) is 7.68. The lowest BCUT2D eigenvalue weighted by Crippen LogP contribution is -2.21. The van der Waals surface area contributed by atoms with Gasteiger partial charge in [-0.1, -0.05) is 30.2 Å². The standard InChI is InChI=1S/C13H14ClFO/c14-11-6-3-5-10(13(11)15)8-9-4-1-2-7-12(9)16/h3,5-6,9H,1-2,4,7-8H2. The Labute approximate surface area is 99.6 Å². The smallest absolute Gasteiger partial charge is 0.144 e. The fraction of sp³-hybridized carbons (Fsp3) is 0.462. The quantitative estimate of drug-likeness (QED) is 0.769. The first-order valence-electron chi connectivity index (χ1n) is 5.64. The van der Waals surface area contributed by atoms with Crippen molar-refractivity contribution < 1.29 is 9.18 Å². The highest BCUT2D eigenvalue weighted by Gasteiger charge is 2.23. The lowest BCUT2D eigenvalue weighted by Gasteiger charge is -2.20. The van der Waals surface area contributed by atoms with Gasteiger partial charge in [0.05, 0.1) is 5.02 Å². The van der Waals surface area contributed by atoms with Crippen molar-refractivity contribution in [1.82, 2.24) is 0 Å². The van der Waals surface area contributed by atoms with Crippen molar-refractivity contribution in [2.24, 2.45) is 5.92 Å². The average molecular weight is 241 g/mol. The number of hydrogen-bond acceptors (Lipinski definition) is 1. The Morgan fingerprint density at radius 3 is 2.94 bits per heavy atom. The molecule has 2 rings (SSSR count). The fourth-order valence-corrected chi connectivity index (χ4v) is 2.44. The van der Waals surface area contributed by atoms with Gasteiger partial charge in [0.2, 0.25) is 0 Å². The van der Waals surface area contributed by atoms with Gasteiger partial charge in [-0.3, -0.25) is 4.79 Å². The molecule has 1 saturated carbocycles. The Bertz CT molecular complexity index is 403. The molecule has 1 nitrogen and oxygen atoms in total. The van der Waals surface area contributed by atoms with Gasteiger partial charge >= 0.3 is 0 Å². The predicted octanol–water partition coefficient (Wildman–Crippen LogP) is 3.78. The molecule has 0 aliphatic heterocycles. The summed E-state index contributed by atoms with van der Waals surface area (Å²) in [5.41, 5.74) is 0.563. The molecule has 16 heavy (non-hydrogen) atoms. The van der Waals surface area contributed by atoms with Gasteiger partial charge in [-0.25, -0.2) is 4.39 Å². The summed E-state index contributed by atoms with van der Waals surface area (Å²) in [6.07, 6.45) is 4.06. The van der Waals surface area contributed by atoms with E-state index in [9.17, 15) is 9.18 Å². The normalized spacial score (nSPS) is 21.1. The van der Waals surface area contributed by atoms with Crippen molar-refractivity contribution in [2.45, 2.75) is 32.1 Å². The molecule has 1 aliphatic carbocycles. The summed E-state index contributed by atoms with van der Waals surface area (Å²) in [6, 6.07) is 4.97. The van der Waals surface area contributed by atoms with E-state index in [2.05, 4.69) is 0 Å². The van der Waals surface area contributed by atoms with Gasteiger partial charge in [-0.05, 0) is 30.9 Å². The largest absolute Gasteiger partial charge is 0.299 e. The van der Waals surface area contributed by atoms with Gasteiger partial charge in [0.1, 0.15) is 11.6 Å². The molecule has 1 unspecified atom stereocenters. The summed E-state index contributed by atoms with van der Waals surface area (Å²) in [6.45, 7) is 0. The Kier molecular flexibility index (Phi) is 3.59. The second kappa shape index (κ2) is 4.96. The molecule has 1 aromatic rings. The summed E-state index contributed by atoms with van der Waals surface area (Å²) in [4.78, 5) is 11.6. The monoisotopic (exact) mass is 240 g/mol. The highest BCUT2D eigenvalue weighted by atomic mass is 35.5. The maximum absolute atomic E-state index is 13.6. The molecule has 1 atom stereocenters. The topological polar surface area (TPSA) is 17.1 Å². The third-order valence-corrected chi connectivity index (χ3v) is 3.47. The molecular weight excluding hydrogens is 227 g/mol. The summed E-state index contributed by atoms with van der Waals surface area (Å²) in [7, 11) is 0. The van der Waals surface area contributed by atoms with E-state index < -0.39 is 0 Å². The van der Waals surface area contributed by atoms with Crippen LogP contribution in [0.3, 0.4) is 0 Å². The number of hydrogen-bond donors (Lipinski definition) is 0. The van der Waals surface area contributed by atoms with Crippen LogP contribution in [0.4, 0.5) is 4.39 Å². The second-order valence-corrected chi connectivity index (χ2v) is 4.73. The van der Waals surface area contributed by atoms with Crippen molar-refractivity contribution >= 4 is 17.4 Å². The third-order valence-electron chi connectivity index (χ3n) is 3.18. The lowest BCUT2D eigenvalue weighted by molar-refractivity contribution is -0.124. The van der Waals surface area contributed by atoms with Crippen molar-refractivity contribution in [3.8, 4) is 0 Å². The van der Waals surface area contributed by atoms with Crippen LogP contribution < -0.4 is 0 Å². The molecule has 0 amide bonds. The molecule has 1 fully saturated rings. The molecule has 0 heterocycles. The number of ketones is 1. The molecule has 3 heteroatoms. The van der Waals surface area contributed by atoms with E-state index in [1.807, 2.05) is 0 Å². The molecule has 1 aliphatic rings. The molecule has 0 N–H and O–H groups in total. The highest BCUT2D eigenvalue weighted by Crippen LogP contribution is 2.27. The number of carbonyl (C=O) groups excluding carboxylic acids is 1. The van der Waals surface area contributed by atoms with Crippen LogP contribution >= 0.6 is 11.6 Å². The molecule has 1 aromatic carbocycles. The molecule has 86 valence electrons. The van der Waals surface area contributed by atoms with Crippen LogP contribution in [0.2, 0.25) is 5.02 Å². The maximum Gasteiger partial charge on any atom is 0.144 e. The van der Waals surface area contributed by atoms with Crippen LogP contribution in [0.15, 0.2) is 18.2 Å². The lowest BCUT2D eigenvalue weighted by atomic mass is 9.83. The van der Waals surface area contributed by atoms with Gasteiger partial charge in [-0.15, -0.1) is 0 Å². The Balaban J connectivity index is 2.14. The van der Waals surface area contributed by atoms with Crippen molar-refractivity contribution in [3.63, 3.8) is 0 Å². The summed E-state index contributed by atoms with van der Waals surface area (Å²) >= 11 is 5.71. The van der Waals surface area contributed by atoms with Gasteiger partial charge in [0.25, 0.3) is 0 Å². The summed E-state index contributed by atoms with van der Waals surface area (Å²) in [5, 5.41) is 0.140. The van der Waals surface area contributed by atoms with Crippen LogP contribution in [-0.2, 0) is 11.2 Å². The minimum absolute atomic E-state index is 0.0123. The van der Waals surface area contributed by atoms with Crippen LogP contribution in [0.25, 0.3) is 0 Å². The maximum atomic E-state index is 13.6. The Hall–Kier alpha value is -0.890.